The van der Waals surface area contributed by atoms with Crippen LogP contribution in [0.15, 0.2) is 13.6 Å². The summed E-state index contributed by atoms with van der Waals surface area (Å²) >= 11 is 8.05. The van der Waals surface area contributed by atoms with Crippen molar-refractivity contribution in [3.05, 3.63) is 19.2 Å². The Labute approximate surface area is 122 Å². The highest BCUT2D eigenvalue weighted by Gasteiger charge is 2.15. The summed E-state index contributed by atoms with van der Waals surface area (Å²) < 4.78 is 24.2. The van der Waals surface area contributed by atoms with Gasteiger partial charge in [-0.25, -0.2) is 8.42 Å². The smallest absolute Gasteiger partial charge is 0.164 e. The zero-order chi connectivity index (χ0) is 13.1. The highest BCUT2D eigenvalue weighted by Crippen LogP contribution is 2.32. The molecule has 0 aliphatic carbocycles. The van der Waals surface area contributed by atoms with E-state index < -0.39 is 9.84 Å². The highest BCUT2D eigenvalue weighted by molar-refractivity contribution is 9.12. The standard InChI is InChI=1S/C10H12Br2O3S2/c1-2-17(14,15)5-3-4-8(13)7-6-9(11)16-10(7)12/h6H,2-5H2,1H3. The van der Waals surface area contributed by atoms with Gasteiger partial charge in [0.05, 0.1) is 13.3 Å². The van der Waals surface area contributed by atoms with Crippen LogP contribution in [0.5, 0.6) is 0 Å². The third-order valence-electron chi connectivity index (χ3n) is 2.26. The predicted octanol–water partition coefficient (Wildman–Crippen LogP) is 3.67. The van der Waals surface area contributed by atoms with E-state index in [0.29, 0.717) is 12.0 Å². The molecule has 0 bridgehead atoms. The molecule has 0 atom stereocenters. The molecule has 0 N–H and O–H groups in total. The molecular formula is C10H12Br2O3S2. The second-order valence-electron chi connectivity index (χ2n) is 3.50. The topological polar surface area (TPSA) is 51.2 Å². The largest absolute Gasteiger partial charge is 0.294 e. The third-order valence-corrected chi connectivity index (χ3v) is 6.39. The number of hydrogen-bond acceptors (Lipinski definition) is 4. The Morgan fingerprint density at radius 1 is 1.41 bits per heavy atom. The monoisotopic (exact) mass is 402 g/mol. The molecule has 0 aromatic carbocycles. The fourth-order valence-electron chi connectivity index (χ4n) is 1.26. The predicted molar refractivity (Wildman–Crippen MR) is 77.6 cm³/mol. The lowest BCUT2D eigenvalue weighted by atomic mass is 10.1. The van der Waals surface area contributed by atoms with E-state index in [1.807, 2.05) is 0 Å². The van der Waals surface area contributed by atoms with Crippen LogP contribution in [-0.2, 0) is 9.84 Å². The van der Waals surface area contributed by atoms with Crippen LogP contribution in [0, 0.1) is 0 Å². The van der Waals surface area contributed by atoms with E-state index in [-0.39, 0.29) is 23.7 Å². The van der Waals surface area contributed by atoms with Gasteiger partial charge in [0, 0.05) is 17.7 Å². The van der Waals surface area contributed by atoms with Crippen LogP contribution in [0.2, 0.25) is 0 Å². The molecule has 1 aromatic rings. The lowest BCUT2D eigenvalue weighted by Gasteiger charge is -2.00. The van der Waals surface area contributed by atoms with Gasteiger partial charge in [0.2, 0.25) is 0 Å². The summed E-state index contributed by atoms with van der Waals surface area (Å²) in [6.45, 7) is 1.61. The molecule has 3 nitrogen and oxygen atoms in total. The van der Waals surface area contributed by atoms with Gasteiger partial charge in [-0.3, -0.25) is 4.79 Å². The van der Waals surface area contributed by atoms with Gasteiger partial charge in [-0.1, -0.05) is 6.92 Å². The second kappa shape index (κ2) is 6.45. The van der Waals surface area contributed by atoms with Crippen molar-refractivity contribution in [1.82, 2.24) is 0 Å². The first-order chi connectivity index (χ1) is 7.85. The average molecular weight is 404 g/mol. The van der Waals surface area contributed by atoms with E-state index >= 15 is 0 Å². The summed E-state index contributed by atoms with van der Waals surface area (Å²) in [5.41, 5.74) is 0.621. The zero-order valence-electron chi connectivity index (χ0n) is 9.20. The van der Waals surface area contributed by atoms with Gasteiger partial charge in [-0.05, 0) is 44.3 Å². The van der Waals surface area contributed by atoms with Gasteiger partial charge in [0.15, 0.2) is 5.78 Å². The number of ketones is 1. The zero-order valence-corrected chi connectivity index (χ0v) is 14.0. The van der Waals surface area contributed by atoms with Crippen molar-refractivity contribution in [2.45, 2.75) is 19.8 Å². The van der Waals surface area contributed by atoms with Crippen LogP contribution in [0.1, 0.15) is 30.1 Å². The van der Waals surface area contributed by atoms with Crippen molar-refractivity contribution in [1.29, 1.82) is 0 Å². The molecule has 0 spiro atoms. The summed E-state index contributed by atoms with van der Waals surface area (Å²) in [6.07, 6.45) is 0.649. The van der Waals surface area contributed by atoms with E-state index in [2.05, 4.69) is 31.9 Å². The first kappa shape index (κ1) is 15.3. The SMILES string of the molecule is CCS(=O)(=O)CCCC(=O)c1cc(Br)sc1Br. The van der Waals surface area contributed by atoms with E-state index in [0.717, 1.165) is 7.57 Å². The Bertz CT molecular complexity index is 506. The first-order valence-electron chi connectivity index (χ1n) is 5.04. The number of rotatable bonds is 6. The second-order valence-corrected chi connectivity index (χ2v) is 9.72. The first-order valence-corrected chi connectivity index (χ1v) is 9.26. The minimum absolute atomic E-state index is 0.0230. The van der Waals surface area contributed by atoms with E-state index in [1.54, 1.807) is 13.0 Å². The quantitative estimate of drug-likeness (QED) is 0.680. The Balaban J connectivity index is 2.54. The molecule has 0 amide bonds. The van der Waals surface area contributed by atoms with E-state index in [1.165, 1.54) is 11.3 Å². The molecule has 0 saturated carbocycles. The Kier molecular flexibility index (Phi) is 5.82. The Hall–Kier alpha value is 0.280. The van der Waals surface area contributed by atoms with Gasteiger partial charge in [0.25, 0.3) is 0 Å². The molecule has 0 fully saturated rings. The van der Waals surface area contributed by atoms with Crippen LogP contribution in [0.3, 0.4) is 0 Å². The molecule has 96 valence electrons. The van der Waals surface area contributed by atoms with Crippen molar-refractivity contribution in [3.8, 4) is 0 Å². The van der Waals surface area contributed by atoms with E-state index in [9.17, 15) is 13.2 Å². The van der Waals surface area contributed by atoms with Crippen LogP contribution < -0.4 is 0 Å². The van der Waals surface area contributed by atoms with Crippen LogP contribution >= 0.6 is 43.2 Å². The molecule has 0 radical (unpaired) electrons. The molecule has 17 heavy (non-hydrogen) atoms. The average Bonchev–Trinajstić information content (AvgIpc) is 2.57. The molecular weight excluding hydrogens is 392 g/mol. The van der Waals surface area contributed by atoms with Crippen molar-refractivity contribution < 1.29 is 13.2 Å². The van der Waals surface area contributed by atoms with Crippen molar-refractivity contribution in [2.24, 2.45) is 0 Å². The Morgan fingerprint density at radius 3 is 2.53 bits per heavy atom. The number of thiophene rings is 1. The summed E-state index contributed by atoms with van der Waals surface area (Å²) in [5, 5.41) is 0. The van der Waals surface area contributed by atoms with Crippen LogP contribution in [-0.4, -0.2) is 25.7 Å². The number of Topliss-reactive ketones (excluding diaryl/α,β-unsaturated/α-hetero) is 1. The van der Waals surface area contributed by atoms with E-state index in [4.69, 9.17) is 0 Å². The summed E-state index contributed by atoms with van der Waals surface area (Å²) in [7, 11) is -2.97. The normalized spacial score (nSPS) is 11.7. The number of sulfone groups is 1. The maximum atomic E-state index is 11.8. The van der Waals surface area contributed by atoms with Crippen molar-refractivity contribution >= 4 is 58.8 Å². The molecule has 0 unspecified atom stereocenters. The van der Waals surface area contributed by atoms with Gasteiger partial charge < -0.3 is 0 Å². The fourth-order valence-corrected chi connectivity index (χ4v) is 4.99. The van der Waals surface area contributed by atoms with Gasteiger partial charge in [-0.15, -0.1) is 11.3 Å². The fraction of sp³-hybridized carbons (Fsp3) is 0.500. The lowest BCUT2D eigenvalue weighted by molar-refractivity contribution is 0.0982. The Morgan fingerprint density at radius 2 is 2.06 bits per heavy atom. The van der Waals surface area contributed by atoms with Crippen LogP contribution in [0.25, 0.3) is 0 Å². The minimum atomic E-state index is -2.97. The molecule has 0 aliphatic heterocycles. The molecule has 1 heterocycles. The van der Waals surface area contributed by atoms with Crippen molar-refractivity contribution in [2.75, 3.05) is 11.5 Å². The maximum Gasteiger partial charge on any atom is 0.164 e. The highest BCUT2D eigenvalue weighted by atomic mass is 79.9. The molecule has 0 saturated heterocycles. The molecule has 7 heteroatoms. The minimum Gasteiger partial charge on any atom is -0.294 e. The summed E-state index contributed by atoms with van der Waals surface area (Å²) in [5.74, 6) is 0.192. The number of halogens is 2. The van der Waals surface area contributed by atoms with Gasteiger partial charge in [0.1, 0.15) is 9.84 Å². The number of carbonyl (C=O) groups excluding carboxylic acids is 1. The summed E-state index contributed by atoms with van der Waals surface area (Å²) in [4.78, 5) is 11.8. The summed E-state index contributed by atoms with van der Waals surface area (Å²) in [6, 6.07) is 1.76. The van der Waals surface area contributed by atoms with Crippen LogP contribution in [0.4, 0.5) is 0 Å². The van der Waals surface area contributed by atoms with Crippen molar-refractivity contribution in [3.63, 3.8) is 0 Å². The third kappa shape index (κ3) is 4.81. The molecule has 1 rings (SSSR count). The molecule has 1 aromatic heterocycles. The van der Waals surface area contributed by atoms with Gasteiger partial charge >= 0.3 is 0 Å². The number of carbonyl (C=O) groups is 1. The van der Waals surface area contributed by atoms with Gasteiger partial charge in [-0.2, -0.15) is 0 Å². The maximum absolute atomic E-state index is 11.8. The number of hydrogen-bond donors (Lipinski definition) is 0. The molecule has 0 aliphatic rings. The lowest BCUT2D eigenvalue weighted by Crippen LogP contribution is -2.10.